The van der Waals surface area contributed by atoms with Gasteiger partial charge in [-0.05, 0) is 24.1 Å². The van der Waals surface area contributed by atoms with Crippen LogP contribution in [0.5, 0.6) is 5.75 Å². The highest BCUT2D eigenvalue weighted by atomic mass is 16.5. The van der Waals surface area contributed by atoms with Gasteiger partial charge in [0.05, 0.1) is 7.11 Å². The van der Waals surface area contributed by atoms with Crippen LogP contribution in [0.2, 0.25) is 0 Å². The third-order valence-electron chi connectivity index (χ3n) is 4.78. The van der Waals surface area contributed by atoms with E-state index in [0.717, 1.165) is 12.2 Å². The summed E-state index contributed by atoms with van der Waals surface area (Å²) in [4.78, 5) is 35.9. The number of nitrogens with one attached hydrogen (secondary N) is 1. The molecule has 1 fully saturated rings. The number of aromatic nitrogens is 2. The SMILES string of the molecule is COc1ccc(CCNc2cc(C(=O)N3CCN(C(C)=O)CC3)ncn2)cc1. The van der Waals surface area contributed by atoms with Crippen molar-refractivity contribution in [1.29, 1.82) is 0 Å². The van der Waals surface area contributed by atoms with Crippen LogP contribution in [0.3, 0.4) is 0 Å². The van der Waals surface area contributed by atoms with Gasteiger partial charge in [-0.25, -0.2) is 9.97 Å². The second kappa shape index (κ2) is 9.16. The van der Waals surface area contributed by atoms with Crippen LogP contribution in [-0.2, 0) is 11.2 Å². The molecular weight excluding hydrogens is 358 g/mol. The fraction of sp³-hybridized carbons (Fsp3) is 0.400. The third-order valence-corrected chi connectivity index (χ3v) is 4.78. The van der Waals surface area contributed by atoms with Crippen LogP contribution in [0.15, 0.2) is 36.7 Å². The zero-order valence-electron chi connectivity index (χ0n) is 16.2. The van der Waals surface area contributed by atoms with Crippen LogP contribution in [0.1, 0.15) is 23.0 Å². The predicted molar refractivity (Wildman–Crippen MR) is 105 cm³/mol. The van der Waals surface area contributed by atoms with Gasteiger partial charge in [-0.2, -0.15) is 0 Å². The van der Waals surface area contributed by atoms with Crippen molar-refractivity contribution in [2.45, 2.75) is 13.3 Å². The zero-order valence-corrected chi connectivity index (χ0v) is 16.2. The van der Waals surface area contributed by atoms with Crippen LogP contribution >= 0.6 is 0 Å². The van der Waals surface area contributed by atoms with Crippen molar-refractivity contribution in [2.24, 2.45) is 0 Å². The minimum absolute atomic E-state index is 0.0393. The molecule has 1 aliphatic rings. The van der Waals surface area contributed by atoms with Gasteiger partial charge in [0.25, 0.3) is 5.91 Å². The third kappa shape index (κ3) is 4.97. The highest BCUT2D eigenvalue weighted by Gasteiger charge is 2.24. The van der Waals surface area contributed by atoms with E-state index < -0.39 is 0 Å². The Labute approximate surface area is 164 Å². The van der Waals surface area contributed by atoms with Gasteiger partial charge in [-0.15, -0.1) is 0 Å². The first-order valence-electron chi connectivity index (χ1n) is 9.30. The molecule has 3 rings (SSSR count). The predicted octanol–water partition coefficient (Wildman–Crippen LogP) is 1.44. The van der Waals surface area contributed by atoms with Crippen LogP contribution in [0, 0.1) is 0 Å². The number of hydrogen-bond acceptors (Lipinski definition) is 6. The van der Waals surface area contributed by atoms with E-state index in [0.29, 0.717) is 44.2 Å². The number of nitrogens with zero attached hydrogens (tertiary/aromatic N) is 4. The van der Waals surface area contributed by atoms with Gasteiger partial charge in [-0.3, -0.25) is 9.59 Å². The Kier molecular flexibility index (Phi) is 6.41. The average Bonchev–Trinajstić information content (AvgIpc) is 2.74. The molecule has 8 heteroatoms. The maximum atomic E-state index is 12.7. The summed E-state index contributed by atoms with van der Waals surface area (Å²) >= 11 is 0. The van der Waals surface area contributed by atoms with E-state index in [1.54, 1.807) is 29.9 Å². The Morgan fingerprint density at radius 1 is 1.07 bits per heavy atom. The monoisotopic (exact) mass is 383 g/mol. The molecule has 0 aliphatic carbocycles. The Morgan fingerprint density at radius 2 is 1.75 bits per heavy atom. The minimum Gasteiger partial charge on any atom is -0.497 e. The van der Waals surface area contributed by atoms with Gasteiger partial charge in [0.2, 0.25) is 5.91 Å². The Bertz CT molecular complexity index is 817. The highest BCUT2D eigenvalue weighted by Crippen LogP contribution is 2.13. The summed E-state index contributed by atoms with van der Waals surface area (Å²) in [6.07, 6.45) is 2.22. The number of anilines is 1. The molecule has 1 aromatic heterocycles. The van der Waals surface area contributed by atoms with Crippen molar-refractivity contribution in [2.75, 3.05) is 45.2 Å². The molecule has 0 unspecified atom stereocenters. The van der Waals surface area contributed by atoms with E-state index in [4.69, 9.17) is 4.74 Å². The maximum absolute atomic E-state index is 12.7. The number of piperazine rings is 1. The lowest BCUT2D eigenvalue weighted by atomic mass is 10.1. The van der Waals surface area contributed by atoms with E-state index in [1.807, 2.05) is 24.3 Å². The van der Waals surface area contributed by atoms with Crippen LogP contribution in [-0.4, -0.2) is 71.4 Å². The Balaban J connectivity index is 1.53. The molecule has 0 radical (unpaired) electrons. The summed E-state index contributed by atoms with van der Waals surface area (Å²) in [5, 5.41) is 3.24. The van der Waals surface area contributed by atoms with E-state index in [9.17, 15) is 9.59 Å². The molecule has 148 valence electrons. The minimum atomic E-state index is -0.135. The first kappa shape index (κ1) is 19.6. The number of carbonyl (C=O) groups excluding carboxylic acids is 2. The fourth-order valence-electron chi connectivity index (χ4n) is 3.08. The van der Waals surface area contributed by atoms with E-state index in [-0.39, 0.29) is 11.8 Å². The lowest BCUT2D eigenvalue weighted by molar-refractivity contribution is -0.130. The number of hydrogen-bond donors (Lipinski definition) is 1. The zero-order chi connectivity index (χ0) is 19.9. The number of benzene rings is 1. The van der Waals surface area contributed by atoms with Crippen molar-refractivity contribution in [3.63, 3.8) is 0 Å². The maximum Gasteiger partial charge on any atom is 0.272 e. The van der Waals surface area contributed by atoms with Gasteiger partial charge >= 0.3 is 0 Å². The summed E-state index contributed by atoms with van der Waals surface area (Å²) in [7, 11) is 1.65. The molecule has 0 atom stereocenters. The number of carbonyl (C=O) groups is 2. The summed E-state index contributed by atoms with van der Waals surface area (Å²) in [5.41, 5.74) is 1.54. The molecule has 1 aromatic carbocycles. The molecule has 2 amide bonds. The fourth-order valence-corrected chi connectivity index (χ4v) is 3.08. The first-order chi connectivity index (χ1) is 13.6. The molecule has 8 nitrogen and oxygen atoms in total. The topological polar surface area (TPSA) is 87.7 Å². The van der Waals surface area contributed by atoms with Crippen molar-refractivity contribution in [3.05, 3.63) is 47.9 Å². The number of amides is 2. The van der Waals surface area contributed by atoms with Crippen LogP contribution in [0.4, 0.5) is 5.82 Å². The van der Waals surface area contributed by atoms with Crippen LogP contribution < -0.4 is 10.1 Å². The van der Waals surface area contributed by atoms with Crippen molar-refractivity contribution in [1.82, 2.24) is 19.8 Å². The second-order valence-corrected chi connectivity index (χ2v) is 6.61. The van der Waals surface area contributed by atoms with E-state index in [2.05, 4.69) is 15.3 Å². The molecule has 1 aliphatic heterocycles. The molecule has 0 spiro atoms. The van der Waals surface area contributed by atoms with Crippen LogP contribution in [0.25, 0.3) is 0 Å². The molecule has 2 heterocycles. The second-order valence-electron chi connectivity index (χ2n) is 6.61. The summed E-state index contributed by atoms with van der Waals surface area (Å²) < 4.78 is 5.16. The summed E-state index contributed by atoms with van der Waals surface area (Å²) in [6.45, 7) is 4.38. The van der Waals surface area contributed by atoms with E-state index in [1.165, 1.54) is 11.9 Å². The smallest absolute Gasteiger partial charge is 0.272 e. The molecule has 28 heavy (non-hydrogen) atoms. The Morgan fingerprint density at radius 3 is 2.39 bits per heavy atom. The lowest BCUT2D eigenvalue weighted by Gasteiger charge is -2.34. The van der Waals surface area contributed by atoms with Gasteiger partial charge in [-0.1, -0.05) is 12.1 Å². The van der Waals surface area contributed by atoms with Crippen molar-refractivity contribution >= 4 is 17.6 Å². The summed E-state index contributed by atoms with van der Waals surface area (Å²) in [6, 6.07) is 9.59. The van der Waals surface area contributed by atoms with Crippen molar-refractivity contribution < 1.29 is 14.3 Å². The number of methoxy groups -OCH3 is 1. The average molecular weight is 383 g/mol. The Hall–Kier alpha value is -3.16. The number of ether oxygens (including phenoxy) is 1. The van der Waals surface area contributed by atoms with Gasteiger partial charge in [0.15, 0.2) is 0 Å². The molecule has 1 N–H and O–H groups in total. The largest absolute Gasteiger partial charge is 0.497 e. The molecule has 1 saturated heterocycles. The van der Waals surface area contributed by atoms with Gasteiger partial charge in [0, 0.05) is 45.7 Å². The van der Waals surface area contributed by atoms with Gasteiger partial charge < -0.3 is 19.9 Å². The lowest BCUT2D eigenvalue weighted by Crippen LogP contribution is -2.50. The van der Waals surface area contributed by atoms with E-state index >= 15 is 0 Å². The molecular formula is C20H25N5O3. The summed E-state index contributed by atoms with van der Waals surface area (Å²) in [5.74, 6) is 1.36. The first-order valence-corrected chi connectivity index (χ1v) is 9.30. The highest BCUT2D eigenvalue weighted by molar-refractivity contribution is 5.93. The normalized spacial score (nSPS) is 13.9. The quantitative estimate of drug-likeness (QED) is 0.812. The standard InChI is InChI=1S/C20H25N5O3/c1-15(26)24-9-11-25(12-10-24)20(27)18-13-19(23-14-22-18)21-8-7-16-3-5-17(28-2)6-4-16/h3-6,13-14H,7-12H2,1-2H3,(H,21,22,23). The molecule has 0 saturated carbocycles. The number of rotatable bonds is 6. The molecule has 2 aromatic rings. The molecule has 0 bridgehead atoms. The van der Waals surface area contributed by atoms with Crippen molar-refractivity contribution in [3.8, 4) is 5.75 Å². The van der Waals surface area contributed by atoms with Gasteiger partial charge in [0.1, 0.15) is 23.6 Å².